The first-order chi connectivity index (χ1) is 14.5. The van der Waals surface area contributed by atoms with E-state index in [2.05, 4.69) is 10.9 Å². The van der Waals surface area contributed by atoms with Gasteiger partial charge in [-0.3, -0.25) is 30.6 Å². The molecule has 1 saturated carbocycles. The standard InChI is InChI=1S/C23H19N3O4/c27-21(18-13-7-8-14-20(18)26(29)30)24-25-22(28)19-15-23(19,16-9-3-1-4-10-16)17-11-5-2-6-12-17/h1-14,19H,15H2,(H,24,27)(H,25,28)/t19-/m0/s1. The second kappa shape index (κ2) is 7.79. The molecular formula is C23H19N3O4. The summed E-state index contributed by atoms with van der Waals surface area (Å²) in [5.41, 5.74) is 5.92. The molecule has 2 amide bonds. The zero-order valence-electron chi connectivity index (χ0n) is 15.9. The maximum absolute atomic E-state index is 12.9. The Morgan fingerprint density at radius 3 is 1.93 bits per heavy atom. The molecule has 150 valence electrons. The van der Waals surface area contributed by atoms with Crippen molar-refractivity contribution in [3.63, 3.8) is 0 Å². The molecule has 0 saturated heterocycles. The van der Waals surface area contributed by atoms with Gasteiger partial charge in [-0.15, -0.1) is 0 Å². The third-order valence-electron chi connectivity index (χ3n) is 5.50. The van der Waals surface area contributed by atoms with E-state index >= 15 is 0 Å². The third kappa shape index (κ3) is 3.41. The number of amides is 2. The van der Waals surface area contributed by atoms with Crippen molar-refractivity contribution in [1.82, 2.24) is 10.9 Å². The van der Waals surface area contributed by atoms with Crippen LogP contribution in [0.3, 0.4) is 0 Å². The topological polar surface area (TPSA) is 101 Å². The summed E-state index contributed by atoms with van der Waals surface area (Å²) in [4.78, 5) is 35.7. The van der Waals surface area contributed by atoms with Crippen LogP contribution in [0.2, 0.25) is 0 Å². The van der Waals surface area contributed by atoms with Crippen molar-refractivity contribution in [3.05, 3.63) is 112 Å². The molecule has 7 nitrogen and oxygen atoms in total. The first-order valence-electron chi connectivity index (χ1n) is 9.48. The van der Waals surface area contributed by atoms with Crippen LogP contribution in [-0.4, -0.2) is 16.7 Å². The molecule has 3 aromatic rings. The highest BCUT2D eigenvalue weighted by molar-refractivity contribution is 5.99. The lowest BCUT2D eigenvalue weighted by Gasteiger charge is -2.19. The van der Waals surface area contributed by atoms with Gasteiger partial charge in [-0.1, -0.05) is 72.8 Å². The minimum Gasteiger partial charge on any atom is -0.273 e. The van der Waals surface area contributed by atoms with Crippen molar-refractivity contribution in [1.29, 1.82) is 0 Å². The van der Waals surface area contributed by atoms with Gasteiger partial charge in [0.15, 0.2) is 0 Å². The summed E-state index contributed by atoms with van der Waals surface area (Å²) in [7, 11) is 0. The zero-order chi connectivity index (χ0) is 21.1. The van der Waals surface area contributed by atoms with Crippen LogP contribution in [0.15, 0.2) is 84.9 Å². The van der Waals surface area contributed by atoms with E-state index in [4.69, 9.17) is 0 Å². The number of carbonyl (C=O) groups excluding carboxylic acids is 2. The molecule has 1 fully saturated rings. The Morgan fingerprint density at radius 1 is 0.833 bits per heavy atom. The van der Waals surface area contributed by atoms with Crippen molar-refractivity contribution in [2.45, 2.75) is 11.8 Å². The fourth-order valence-electron chi connectivity index (χ4n) is 3.95. The summed E-state index contributed by atoms with van der Waals surface area (Å²) in [6.45, 7) is 0. The Morgan fingerprint density at radius 2 is 1.37 bits per heavy atom. The average Bonchev–Trinajstić information content (AvgIpc) is 3.55. The molecule has 2 N–H and O–H groups in total. The van der Waals surface area contributed by atoms with E-state index in [1.165, 1.54) is 24.3 Å². The molecule has 1 aliphatic carbocycles. The summed E-state index contributed by atoms with van der Waals surface area (Å²) < 4.78 is 0. The minimum absolute atomic E-state index is 0.115. The number of nitro benzene ring substituents is 1. The Hall–Kier alpha value is -4.00. The Balaban J connectivity index is 1.52. The van der Waals surface area contributed by atoms with E-state index < -0.39 is 16.2 Å². The van der Waals surface area contributed by atoms with Gasteiger partial charge in [0, 0.05) is 11.5 Å². The number of carbonyl (C=O) groups is 2. The van der Waals surface area contributed by atoms with Gasteiger partial charge in [-0.2, -0.15) is 0 Å². The number of rotatable bonds is 5. The van der Waals surface area contributed by atoms with Crippen molar-refractivity contribution < 1.29 is 14.5 Å². The van der Waals surface area contributed by atoms with E-state index in [0.29, 0.717) is 6.42 Å². The summed E-state index contributed by atoms with van der Waals surface area (Å²) in [5, 5.41) is 11.1. The van der Waals surface area contributed by atoms with Crippen LogP contribution < -0.4 is 10.9 Å². The summed E-state index contributed by atoms with van der Waals surface area (Å²) in [5.74, 6) is -1.44. The lowest BCUT2D eigenvalue weighted by atomic mass is 9.85. The number of nitrogens with zero attached hydrogens (tertiary/aromatic N) is 1. The van der Waals surface area contributed by atoms with E-state index in [-0.39, 0.29) is 23.1 Å². The van der Waals surface area contributed by atoms with Crippen molar-refractivity contribution in [2.24, 2.45) is 5.92 Å². The molecule has 0 unspecified atom stereocenters. The number of hydrazine groups is 1. The van der Waals surface area contributed by atoms with E-state index in [9.17, 15) is 19.7 Å². The predicted molar refractivity (Wildman–Crippen MR) is 110 cm³/mol. The van der Waals surface area contributed by atoms with Gasteiger partial charge in [-0.05, 0) is 23.6 Å². The SMILES string of the molecule is O=C(NNC(=O)[C@@H]1CC1(c1ccccc1)c1ccccc1)c1ccccc1[N+](=O)[O-]. The molecule has 30 heavy (non-hydrogen) atoms. The van der Waals surface area contributed by atoms with Crippen LogP contribution in [0.4, 0.5) is 5.69 Å². The van der Waals surface area contributed by atoms with Gasteiger partial charge in [0.2, 0.25) is 5.91 Å². The highest BCUT2D eigenvalue weighted by atomic mass is 16.6. The highest BCUT2D eigenvalue weighted by Crippen LogP contribution is 2.58. The van der Waals surface area contributed by atoms with Crippen LogP contribution >= 0.6 is 0 Å². The number of nitrogens with one attached hydrogen (secondary N) is 2. The minimum atomic E-state index is -0.735. The van der Waals surface area contributed by atoms with Crippen LogP contribution in [0.5, 0.6) is 0 Å². The monoisotopic (exact) mass is 401 g/mol. The summed E-state index contributed by atoms with van der Waals surface area (Å²) >= 11 is 0. The van der Waals surface area contributed by atoms with Crippen LogP contribution in [0.25, 0.3) is 0 Å². The Kier molecular flexibility index (Phi) is 5.02. The lowest BCUT2D eigenvalue weighted by molar-refractivity contribution is -0.385. The molecule has 0 aliphatic heterocycles. The first kappa shape index (κ1) is 19.3. The Labute approximate surface area is 172 Å². The fraction of sp³-hybridized carbons (Fsp3) is 0.130. The van der Waals surface area contributed by atoms with Crippen molar-refractivity contribution >= 4 is 17.5 Å². The van der Waals surface area contributed by atoms with Gasteiger partial charge in [0.25, 0.3) is 11.6 Å². The number of benzene rings is 3. The molecule has 1 aliphatic rings. The zero-order valence-corrected chi connectivity index (χ0v) is 15.9. The smallest absolute Gasteiger partial charge is 0.273 e. The number of hydrogen-bond acceptors (Lipinski definition) is 4. The maximum atomic E-state index is 12.9. The van der Waals surface area contributed by atoms with Crippen molar-refractivity contribution in [2.75, 3.05) is 0 Å². The first-order valence-corrected chi connectivity index (χ1v) is 9.48. The van der Waals surface area contributed by atoms with Crippen molar-refractivity contribution in [3.8, 4) is 0 Å². The molecule has 3 aromatic carbocycles. The van der Waals surface area contributed by atoms with Crippen LogP contribution in [-0.2, 0) is 10.2 Å². The number of para-hydroxylation sites is 1. The van der Waals surface area contributed by atoms with Gasteiger partial charge in [0.1, 0.15) is 5.56 Å². The van der Waals surface area contributed by atoms with Gasteiger partial charge in [-0.25, -0.2) is 0 Å². The predicted octanol–water partition coefficient (Wildman–Crippen LogP) is 3.36. The molecule has 1 atom stereocenters. The third-order valence-corrected chi connectivity index (χ3v) is 5.50. The second-order valence-corrected chi connectivity index (χ2v) is 7.18. The molecule has 7 heteroatoms. The quantitative estimate of drug-likeness (QED) is 0.506. The number of nitro groups is 1. The largest absolute Gasteiger partial charge is 0.282 e. The lowest BCUT2D eigenvalue weighted by Crippen LogP contribution is -2.43. The van der Waals surface area contributed by atoms with Crippen LogP contribution in [0.1, 0.15) is 27.9 Å². The molecule has 0 aromatic heterocycles. The second-order valence-electron chi connectivity index (χ2n) is 7.18. The maximum Gasteiger partial charge on any atom is 0.282 e. The summed E-state index contributed by atoms with van der Waals surface area (Å²) in [6.07, 6.45) is 0.605. The fourth-order valence-corrected chi connectivity index (χ4v) is 3.95. The van der Waals surface area contributed by atoms with E-state index in [1.807, 2.05) is 60.7 Å². The van der Waals surface area contributed by atoms with Gasteiger partial charge in [0.05, 0.1) is 10.8 Å². The normalized spacial score (nSPS) is 16.3. The number of hydrogen-bond donors (Lipinski definition) is 2. The highest BCUT2D eigenvalue weighted by Gasteiger charge is 2.60. The average molecular weight is 401 g/mol. The van der Waals surface area contributed by atoms with E-state index in [1.54, 1.807) is 0 Å². The molecular weight excluding hydrogens is 382 g/mol. The molecule has 4 rings (SSSR count). The molecule has 0 radical (unpaired) electrons. The van der Waals surface area contributed by atoms with E-state index in [0.717, 1.165) is 11.1 Å². The molecule has 0 bridgehead atoms. The van der Waals surface area contributed by atoms with Gasteiger partial charge < -0.3 is 0 Å². The van der Waals surface area contributed by atoms with Gasteiger partial charge >= 0.3 is 0 Å². The summed E-state index contributed by atoms with van der Waals surface area (Å²) in [6, 6.07) is 25.1. The Bertz CT molecular complexity index is 1060. The molecule has 0 heterocycles. The molecule has 0 spiro atoms. The van der Waals surface area contributed by atoms with Crippen LogP contribution in [0, 0.1) is 16.0 Å².